The van der Waals surface area contributed by atoms with Gasteiger partial charge in [0.05, 0.1) is 30.6 Å². The number of amides is 1. The second-order valence-corrected chi connectivity index (χ2v) is 17.1. The summed E-state index contributed by atoms with van der Waals surface area (Å²) in [4.78, 5) is 52.5. The summed E-state index contributed by atoms with van der Waals surface area (Å²) in [5, 5.41) is 25.1. The van der Waals surface area contributed by atoms with Crippen LogP contribution in [0.25, 0.3) is 10.9 Å². The van der Waals surface area contributed by atoms with E-state index in [-0.39, 0.29) is 31.6 Å². The van der Waals surface area contributed by atoms with E-state index >= 15 is 0 Å². The van der Waals surface area contributed by atoms with Gasteiger partial charge in [-0.1, -0.05) is 45.9 Å². The third kappa shape index (κ3) is 9.66. The SMILES string of the molecule is CC[C@H]1OC(=O)C(C)C(=O)[C@H](C)[C@@H](O[C@@H]2O[C@H](C)C[C@H](N(C)C)[C@H]2O)[C@]2(C)C[C@@H](C)C(=NC(C)=O)[C@H](C)[C@@H](OCC(c3cnc4ccccc4c3)/C=C/O2)[C@]1(C)O. The normalized spacial score (nSPS) is 40.0. The molecule has 1 aromatic heterocycles. The number of fused-ring (bicyclic) bond motifs is 6. The van der Waals surface area contributed by atoms with Crippen molar-refractivity contribution in [3.05, 3.63) is 54.4 Å². The largest absolute Gasteiger partial charge is 0.493 e. The maximum atomic E-state index is 14.5. The van der Waals surface area contributed by atoms with E-state index in [0.717, 1.165) is 16.5 Å². The van der Waals surface area contributed by atoms with Gasteiger partial charge in [-0.05, 0) is 90.7 Å². The molecular formula is C44H63N3O10. The van der Waals surface area contributed by atoms with Crippen molar-refractivity contribution < 1.29 is 48.3 Å². The topological polar surface area (TPSA) is 166 Å². The van der Waals surface area contributed by atoms with E-state index < -0.39 is 89.2 Å². The highest BCUT2D eigenvalue weighted by Gasteiger charge is 2.53. The Kier molecular flexibility index (Phi) is 14.2. The lowest BCUT2D eigenvalue weighted by Crippen LogP contribution is -2.60. The number of Topliss-reactive ketones (excluding diaryl/α,β-unsaturated/α-hetero) is 1. The van der Waals surface area contributed by atoms with Crippen LogP contribution in [-0.2, 0) is 38.1 Å². The Morgan fingerprint density at radius 3 is 2.46 bits per heavy atom. The number of aliphatic hydroxyl groups is 2. The summed E-state index contributed by atoms with van der Waals surface area (Å²) < 4.78 is 32.7. The lowest BCUT2D eigenvalue weighted by Gasteiger charge is -2.47. The van der Waals surface area contributed by atoms with E-state index in [9.17, 15) is 24.6 Å². The molecule has 2 saturated heterocycles. The molecule has 13 nitrogen and oxygen atoms in total. The van der Waals surface area contributed by atoms with Gasteiger partial charge in [0.15, 0.2) is 12.1 Å². The van der Waals surface area contributed by atoms with Crippen LogP contribution in [0.3, 0.4) is 0 Å². The third-order valence-corrected chi connectivity index (χ3v) is 12.3. The molecule has 2 bridgehead atoms. The first-order valence-electron chi connectivity index (χ1n) is 20.3. The summed E-state index contributed by atoms with van der Waals surface area (Å²) in [5.41, 5.74) is -1.08. The molecule has 1 aromatic carbocycles. The van der Waals surface area contributed by atoms with Crippen molar-refractivity contribution in [3.8, 4) is 0 Å². The van der Waals surface area contributed by atoms with Crippen LogP contribution in [0.2, 0.25) is 0 Å². The van der Waals surface area contributed by atoms with Gasteiger partial charge in [0.1, 0.15) is 35.4 Å². The van der Waals surface area contributed by atoms with Gasteiger partial charge in [-0.15, -0.1) is 0 Å². The molecule has 0 saturated carbocycles. The average molecular weight is 794 g/mol. The number of nitrogens with zero attached hydrogens (tertiary/aromatic N) is 3. The van der Waals surface area contributed by atoms with Crippen LogP contribution in [0, 0.1) is 23.7 Å². The number of esters is 1. The molecule has 3 aliphatic heterocycles. The monoisotopic (exact) mass is 793 g/mol. The molecule has 0 aliphatic carbocycles. The van der Waals surface area contributed by atoms with Crippen LogP contribution < -0.4 is 0 Å². The quantitative estimate of drug-likeness (QED) is 0.293. The maximum Gasteiger partial charge on any atom is 0.316 e. The average Bonchev–Trinajstić information content (AvgIpc) is 3.16. The van der Waals surface area contributed by atoms with Crippen molar-refractivity contribution in [1.82, 2.24) is 9.88 Å². The molecule has 14 atom stereocenters. The second-order valence-electron chi connectivity index (χ2n) is 17.1. The number of carbonyl (C=O) groups is 3. The highest BCUT2D eigenvalue weighted by molar-refractivity contribution is 6.00. The summed E-state index contributed by atoms with van der Waals surface area (Å²) in [5.74, 6) is -5.60. The van der Waals surface area contributed by atoms with Gasteiger partial charge in [-0.3, -0.25) is 19.4 Å². The van der Waals surface area contributed by atoms with Gasteiger partial charge in [0, 0.05) is 48.0 Å². The van der Waals surface area contributed by atoms with Crippen LogP contribution >= 0.6 is 0 Å². The number of hydrogen-bond donors (Lipinski definition) is 2. The van der Waals surface area contributed by atoms with Crippen LogP contribution in [0.4, 0.5) is 0 Å². The minimum atomic E-state index is -1.81. The number of ketones is 1. The molecule has 3 aliphatic rings. The molecule has 2 aromatic rings. The van der Waals surface area contributed by atoms with E-state index in [1.807, 2.05) is 83.1 Å². The molecular weight excluding hydrogens is 730 g/mol. The van der Waals surface area contributed by atoms with Crippen LogP contribution in [-0.4, -0.2) is 118 Å². The molecule has 0 spiro atoms. The Bertz CT molecular complexity index is 1810. The smallest absolute Gasteiger partial charge is 0.316 e. The fourth-order valence-electron chi connectivity index (χ4n) is 9.10. The van der Waals surface area contributed by atoms with Crippen molar-refractivity contribution in [2.45, 2.75) is 142 Å². The Labute approximate surface area is 337 Å². The number of aliphatic imine (C=N–C) groups is 1. The number of cyclic esters (lactones) is 1. The predicted molar refractivity (Wildman–Crippen MR) is 215 cm³/mol. The summed E-state index contributed by atoms with van der Waals surface area (Å²) in [7, 11) is 3.76. The van der Waals surface area contributed by atoms with E-state index in [1.54, 1.807) is 33.2 Å². The zero-order valence-electron chi connectivity index (χ0n) is 35.4. The summed E-state index contributed by atoms with van der Waals surface area (Å²) in [6, 6.07) is 9.50. The van der Waals surface area contributed by atoms with Gasteiger partial charge >= 0.3 is 5.97 Å². The van der Waals surface area contributed by atoms with Gasteiger partial charge in [-0.25, -0.2) is 4.99 Å². The summed E-state index contributed by atoms with van der Waals surface area (Å²) in [6.45, 7) is 15.4. The Balaban J connectivity index is 1.75. The molecule has 2 unspecified atom stereocenters. The molecule has 57 heavy (non-hydrogen) atoms. The standard InChI is InChI=1S/C44H63N3O10/c1-12-35-44(9,52)40-26(4)36(46-29(7)48)24(2)21-43(8,54-18-17-31(23-53-40)32-20-30-15-13-14-16-33(30)45-22-32)39(27(5)37(49)28(6)41(51)56-35)57-42-38(50)34(47(10)11)19-25(3)55-42/h13-18,20,22,24-28,31,34-35,38-40,42,50,52H,12,19,21,23H2,1-11H3/b18-17+,46-36?/t24-,25-,26+,27+,28?,31?,34+,35-,38-,39-,40-,42+,43+,44-/m1/s1. The number of likely N-dealkylation sites (N-methyl/N-ethyl adjacent to an activating group) is 1. The third-order valence-electron chi connectivity index (χ3n) is 12.3. The van der Waals surface area contributed by atoms with E-state index in [0.29, 0.717) is 12.1 Å². The first kappa shape index (κ1) is 44.5. The van der Waals surface area contributed by atoms with Crippen molar-refractivity contribution in [2.24, 2.45) is 28.7 Å². The Morgan fingerprint density at radius 1 is 1.09 bits per heavy atom. The number of carbonyl (C=O) groups excluding carboxylic acids is 3. The lowest BCUT2D eigenvalue weighted by atomic mass is 9.73. The maximum absolute atomic E-state index is 14.5. The second kappa shape index (κ2) is 18.1. The fourth-order valence-corrected chi connectivity index (χ4v) is 9.10. The Morgan fingerprint density at radius 2 is 1.79 bits per heavy atom. The number of aliphatic hydroxyl groups excluding tert-OH is 1. The van der Waals surface area contributed by atoms with Gasteiger partial charge < -0.3 is 38.8 Å². The molecule has 2 fully saturated rings. The molecule has 0 radical (unpaired) electrons. The number of pyridine rings is 1. The van der Waals surface area contributed by atoms with Crippen molar-refractivity contribution in [2.75, 3.05) is 20.7 Å². The van der Waals surface area contributed by atoms with Crippen molar-refractivity contribution >= 4 is 34.3 Å². The summed E-state index contributed by atoms with van der Waals surface area (Å²) >= 11 is 0. The number of aromatic nitrogens is 1. The van der Waals surface area contributed by atoms with Gasteiger partial charge in [-0.2, -0.15) is 0 Å². The first-order valence-corrected chi connectivity index (χ1v) is 20.3. The molecule has 5 rings (SSSR count). The zero-order valence-corrected chi connectivity index (χ0v) is 35.4. The molecule has 314 valence electrons. The first-order chi connectivity index (χ1) is 26.8. The minimum Gasteiger partial charge on any atom is -0.493 e. The number of hydrogen-bond acceptors (Lipinski definition) is 12. The van der Waals surface area contributed by atoms with Crippen LogP contribution in [0.15, 0.2) is 53.9 Å². The Hall–Kier alpha value is -3.59. The van der Waals surface area contributed by atoms with Crippen molar-refractivity contribution in [3.63, 3.8) is 0 Å². The number of rotatable bonds is 5. The zero-order chi connectivity index (χ0) is 42.0. The molecule has 2 N–H and O–H groups in total. The fraction of sp³-hybridized carbons (Fsp3) is 0.659. The van der Waals surface area contributed by atoms with Gasteiger partial charge in [0.2, 0.25) is 5.91 Å². The number of benzene rings is 1. The van der Waals surface area contributed by atoms with Crippen LogP contribution in [0.5, 0.6) is 0 Å². The van der Waals surface area contributed by atoms with Crippen molar-refractivity contribution in [1.29, 1.82) is 0 Å². The lowest BCUT2D eigenvalue weighted by molar-refractivity contribution is -0.293. The number of ether oxygens (including phenoxy) is 5. The molecule has 13 heteroatoms. The highest BCUT2D eigenvalue weighted by atomic mass is 16.7. The van der Waals surface area contributed by atoms with Gasteiger partial charge in [0.25, 0.3) is 0 Å². The van der Waals surface area contributed by atoms with E-state index in [1.165, 1.54) is 13.8 Å². The predicted octanol–water partition coefficient (Wildman–Crippen LogP) is 5.39. The number of para-hydroxylation sites is 1. The molecule has 4 heterocycles. The van der Waals surface area contributed by atoms with E-state index in [2.05, 4.69) is 4.99 Å². The summed E-state index contributed by atoms with van der Waals surface area (Å²) in [6.07, 6.45) is 0.392. The highest BCUT2D eigenvalue weighted by Crippen LogP contribution is 2.41. The van der Waals surface area contributed by atoms with E-state index in [4.69, 9.17) is 28.7 Å². The van der Waals surface area contributed by atoms with Crippen LogP contribution in [0.1, 0.15) is 93.1 Å². The minimum absolute atomic E-state index is 0.0466. The molecule has 1 amide bonds.